The molecule has 1 aliphatic heterocycles. The Labute approximate surface area is 130 Å². The van der Waals surface area contributed by atoms with Crippen molar-refractivity contribution >= 4 is 5.57 Å². The topological polar surface area (TPSA) is 9.23 Å². The summed E-state index contributed by atoms with van der Waals surface area (Å²) in [6.45, 7) is 0. The molecule has 1 heteroatoms. The summed E-state index contributed by atoms with van der Waals surface area (Å²) in [6, 6.07) is 29.3. The average molecular weight is 284 g/mol. The van der Waals surface area contributed by atoms with E-state index in [0.717, 1.165) is 5.75 Å². The number of allylic oxidation sites excluding steroid dienone is 1. The lowest BCUT2D eigenvalue weighted by molar-refractivity contribution is 0.464. The summed E-state index contributed by atoms with van der Waals surface area (Å²) < 4.78 is 5.88. The number of hydrogen-bond donors (Lipinski definition) is 0. The molecule has 1 aliphatic rings. The third-order valence-electron chi connectivity index (χ3n) is 4.09. The highest BCUT2D eigenvalue weighted by molar-refractivity contribution is 5.77. The third kappa shape index (κ3) is 2.21. The van der Waals surface area contributed by atoms with Gasteiger partial charge in [-0.05, 0) is 17.2 Å². The van der Waals surface area contributed by atoms with E-state index in [1.807, 2.05) is 24.5 Å². The van der Waals surface area contributed by atoms with Crippen LogP contribution in [0.15, 0.2) is 91.2 Å². The van der Waals surface area contributed by atoms with Gasteiger partial charge in [0.15, 0.2) is 0 Å². The van der Waals surface area contributed by atoms with Crippen LogP contribution in [0.3, 0.4) is 0 Å². The molecule has 0 spiro atoms. The molecule has 0 aliphatic carbocycles. The van der Waals surface area contributed by atoms with Crippen LogP contribution in [0.5, 0.6) is 5.75 Å². The Bertz CT molecular complexity index is 804. The van der Waals surface area contributed by atoms with Gasteiger partial charge in [0.05, 0.1) is 6.26 Å². The van der Waals surface area contributed by atoms with Crippen molar-refractivity contribution in [2.75, 3.05) is 0 Å². The summed E-state index contributed by atoms with van der Waals surface area (Å²) in [5.41, 5.74) is 4.90. The first-order valence-corrected chi connectivity index (χ1v) is 7.49. The number of ether oxygens (including phenoxy) is 1. The van der Waals surface area contributed by atoms with Crippen LogP contribution in [0.25, 0.3) is 5.57 Å². The first-order valence-electron chi connectivity index (χ1n) is 7.49. The van der Waals surface area contributed by atoms with E-state index >= 15 is 0 Å². The van der Waals surface area contributed by atoms with Gasteiger partial charge in [0.25, 0.3) is 0 Å². The van der Waals surface area contributed by atoms with E-state index in [2.05, 4.69) is 66.7 Å². The lowest BCUT2D eigenvalue weighted by Crippen LogP contribution is -2.11. The lowest BCUT2D eigenvalue weighted by atomic mass is 9.81. The zero-order valence-corrected chi connectivity index (χ0v) is 12.1. The summed E-state index contributed by atoms with van der Waals surface area (Å²) in [4.78, 5) is 0. The molecule has 0 N–H and O–H groups in total. The Balaban J connectivity index is 1.90. The minimum Gasteiger partial charge on any atom is -0.464 e. The maximum atomic E-state index is 5.88. The highest BCUT2D eigenvalue weighted by Crippen LogP contribution is 2.44. The van der Waals surface area contributed by atoms with Gasteiger partial charge in [0, 0.05) is 17.1 Å². The van der Waals surface area contributed by atoms with Gasteiger partial charge in [-0.3, -0.25) is 0 Å². The van der Waals surface area contributed by atoms with E-state index in [9.17, 15) is 0 Å². The summed E-state index contributed by atoms with van der Waals surface area (Å²) in [6.07, 6.45) is 1.90. The van der Waals surface area contributed by atoms with Crippen molar-refractivity contribution in [2.24, 2.45) is 0 Å². The smallest absolute Gasteiger partial charge is 0.130 e. The van der Waals surface area contributed by atoms with Gasteiger partial charge in [-0.15, -0.1) is 0 Å². The first kappa shape index (κ1) is 12.9. The van der Waals surface area contributed by atoms with E-state index in [1.165, 1.54) is 22.3 Å². The van der Waals surface area contributed by atoms with Crippen LogP contribution in [-0.2, 0) is 0 Å². The van der Waals surface area contributed by atoms with Crippen LogP contribution in [0.1, 0.15) is 22.6 Å². The van der Waals surface area contributed by atoms with Crippen molar-refractivity contribution < 1.29 is 4.74 Å². The van der Waals surface area contributed by atoms with E-state index in [4.69, 9.17) is 4.74 Å². The molecule has 0 amide bonds. The highest BCUT2D eigenvalue weighted by atomic mass is 16.5. The fourth-order valence-corrected chi connectivity index (χ4v) is 3.06. The molecular formula is C21H16O. The second kappa shape index (κ2) is 5.53. The SMILES string of the molecule is C1=C(c2ccccc2)C(c2ccccc2)c2ccccc2O1. The molecular weight excluding hydrogens is 268 g/mol. The van der Waals surface area contributed by atoms with Crippen LogP contribution >= 0.6 is 0 Å². The fourth-order valence-electron chi connectivity index (χ4n) is 3.06. The Morgan fingerprint density at radius 2 is 1.27 bits per heavy atom. The van der Waals surface area contributed by atoms with Gasteiger partial charge in [-0.25, -0.2) is 0 Å². The van der Waals surface area contributed by atoms with Gasteiger partial charge in [0.1, 0.15) is 5.75 Å². The number of benzene rings is 3. The number of hydrogen-bond acceptors (Lipinski definition) is 1. The minimum atomic E-state index is 0.202. The van der Waals surface area contributed by atoms with Crippen molar-refractivity contribution in [2.45, 2.75) is 5.92 Å². The number of para-hydroxylation sites is 1. The fraction of sp³-hybridized carbons (Fsp3) is 0.0476. The largest absolute Gasteiger partial charge is 0.464 e. The molecule has 0 radical (unpaired) electrons. The predicted molar refractivity (Wildman–Crippen MR) is 89.8 cm³/mol. The monoisotopic (exact) mass is 284 g/mol. The quantitative estimate of drug-likeness (QED) is 0.624. The molecule has 3 aromatic rings. The zero-order chi connectivity index (χ0) is 14.8. The van der Waals surface area contributed by atoms with Crippen molar-refractivity contribution in [3.05, 3.63) is 108 Å². The summed E-state index contributed by atoms with van der Waals surface area (Å²) in [5.74, 6) is 1.14. The predicted octanol–water partition coefficient (Wildman–Crippen LogP) is 5.25. The molecule has 106 valence electrons. The van der Waals surface area contributed by atoms with Gasteiger partial charge in [0.2, 0.25) is 0 Å². The van der Waals surface area contributed by atoms with Gasteiger partial charge in [-0.2, -0.15) is 0 Å². The molecule has 1 unspecified atom stereocenters. The average Bonchev–Trinajstić information content (AvgIpc) is 2.62. The minimum absolute atomic E-state index is 0.202. The van der Waals surface area contributed by atoms with Crippen molar-refractivity contribution in [3.63, 3.8) is 0 Å². The first-order chi connectivity index (χ1) is 10.9. The van der Waals surface area contributed by atoms with E-state index in [-0.39, 0.29) is 5.92 Å². The van der Waals surface area contributed by atoms with Crippen LogP contribution in [-0.4, -0.2) is 0 Å². The van der Waals surface area contributed by atoms with Crippen molar-refractivity contribution in [3.8, 4) is 5.75 Å². The molecule has 0 bridgehead atoms. The van der Waals surface area contributed by atoms with Crippen LogP contribution < -0.4 is 4.74 Å². The molecule has 22 heavy (non-hydrogen) atoms. The molecule has 4 rings (SSSR count). The van der Waals surface area contributed by atoms with Crippen molar-refractivity contribution in [1.82, 2.24) is 0 Å². The molecule has 1 heterocycles. The maximum Gasteiger partial charge on any atom is 0.130 e. The zero-order valence-electron chi connectivity index (χ0n) is 12.1. The third-order valence-corrected chi connectivity index (χ3v) is 4.09. The van der Waals surface area contributed by atoms with Gasteiger partial charge < -0.3 is 4.74 Å². The highest BCUT2D eigenvalue weighted by Gasteiger charge is 2.26. The summed E-state index contributed by atoms with van der Waals surface area (Å²) in [5, 5.41) is 0. The van der Waals surface area contributed by atoms with Crippen molar-refractivity contribution in [1.29, 1.82) is 0 Å². The summed E-state index contributed by atoms with van der Waals surface area (Å²) >= 11 is 0. The molecule has 0 saturated carbocycles. The Kier molecular flexibility index (Phi) is 3.24. The van der Waals surface area contributed by atoms with Gasteiger partial charge in [-0.1, -0.05) is 78.9 Å². The lowest BCUT2D eigenvalue weighted by Gasteiger charge is -2.27. The summed E-state index contributed by atoms with van der Waals surface area (Å²) in [7, 11) is 0. The van der Waals surface area contributed by atoms with Crippen LogP contribution in [0, 0.1) is 0 Å². The molecule has 0 saturated heterocycles. The van der Waals surface area contributed by atoms with Crippen LogP contribution in [0.4, 0.5) is 0 Å². The second-order valence-corrected chi connectivity index (χ2v) is 5.44. The normalized spacial score (nSPS) is 16.4. The Morgan fingerprint density at radius 3 is 2.05 bits per heavy atom. The standard InChI is InChI=1S/C21H16O/c1-3-9-16(10-4-1)19-15-22-20-14-8-7-13-18(20)21(19)17-11-5-2-6-12-17/h1-15,21H. The Morgan fingerprint density at radius 1 is 0.636 bits per heavy atom. The Hall–Kier alpha value is -2.80. The second-order valence-electron chi connectivity index (χ2n) is 5.44. The van der Waals surface area contributed by atoms with Gasteiger partial charge >= 0.3 is 0 Å². The van der Waals surface area contributed by atoms with E-state index in [1.54, 1.807) is 0 Å². The number of fused-ring (bicyclic) bond motifs is 1. The molecule has 0 fully saturated rings. The van der Waals surface area contributed by atoms with E-state index < -0.39 is 0 Å². The molecule has 1 nitrogen and oxygen atoms in total. The number of rotatable bonds is 2. The molecule has 0 aromatic heterocycles. The van der Waals surface area contributed by atoms with E-state index in [0.29, 0.717) is 0 Å². The maximum absolute atomic E-state index is 5.88. The molecule has 3 aromatic carbocycles. The molecule has 1 atom stereocenters. The van der Waals surface area contributed by atoms with Crippen LogP contribution in [0.2, 0.25) is 0 Å².